The number of hydrogen-bond donors (Lipinski definition) is 2. The van der Waals surface area contributed by atoms with E-state index < -0.39 is 0 Å². The molecule has 0 unspecified atom stereocenters. The maximum atomic E-state index is 12.9. The smallest absolute Gasteiger partial charge is 0.125 e. The predicted molar refractivity (Wildman–Crippen MR) is 62.9 cm³/mol. The van der Waals surface area contributed by atoms with Gasteiger partial charge in [0.05, 0.1) is 18.0 Å². The molecule has 1 aliphatic carbocycles. The predicted octanol–water partition coefficient (Wildman–Crippen LogP) is 1.76. The molecule has 3 N–H and O–H groups in total. The Morgan fingerprint density at radius 1 is 1.44 bits per heavy atom. The molecule has 0 atom stereocenters. The van der Waals surface area contributed by atoms with Crippen LogP contribution < -0.4 is 10.6 Å². The molecular formula is C12H17FN2O. The van der Waals surface area contributed by atoms with Crippen molar-refractivity contribution in [2.75, 3.05) is 23.8 Å². The Labute approximate surface area is 94.7 Å². The summed E-state index contributed by atoms with van der Waals surface area (Å²) in [5, 5.41) is 9.06. The van der Waals surface area contributed by atoms with E-state index in [2.05, 4.69) is 4.90 Å². The number of nitrogens with zero attached hydrogens (tertiary/aromatic N) is 1. The molecule has 1 saturated carbocycles. The second kappa shape index (κ2) is 4.70. The minimum atomic E-state index is -0.321. The first-order valence-electron chi connectivity index (χ1n) is 5.65. The number of halogens is 1. The highest BCUT2D eigenvalue weighted by atomic mass is 19.1. The maximum absolute atomic E-state index is 12.9. The summed E-state index contributed by atoms with van der Waals surface area (Å²) in [4.78, 5) is 2.08. The lowest BCUT2D eigenvalue weighted by Crippen LogP contribution is -2.42. The van der Waals surface area contributed by atoms with Gasteiger partial charge in [-0.05, 0) is 37.5 Å². The van der Waals surface area contributed by atoms with Crippen LogP contribution in [0.3, 0.4) is 0 Å². The van der Waals surface area contributed by atoms with E-state index in [4.69, 9.17) is 10.8 Å². The molecule has 2 rings (SSSR count). The van der Waals surface area contributed by atoms with E-state index >= 15 is 0 Å². The Hall–Kier alpha value is -1.29. The number of aliphatic hydroxyl groups is 1. The topological polar surface area (TPSA) is 49.5 Å². The number of benzene rings is 1. The van der Waals surface area contributed by atoms with Gasteiger partial charge >= 0.3 is 0 Å². The fourth-order valence-electron chi connectivity index (χ4n) is 2.09. The highest BCUT2D eigenvalue weighted by molar-refractivity contribution is 5.68. The third-order valence-corrected chi connectivity index (χ3v) is 3.16. The fraction of sp³-hybridized carbons (Fsp3) is 0.500. The number of hydrogen-bond acceptors (Lipinski definition) is 3. The van der Waals surface area contributed by atoms with Gasteiger partial charge in [-0.25, -0.2) is 4.39 Å². The van der Waals surface area contributed by atoms with Gasteiger partial charge in [-0.1, -0.05) is 0 Å². The standard InChI is InChI=1S/C12H17FN2O/c13-9-4-5-12(11(14)8-9)15(6-7-16)10-2-1-3-10/h4-5,8,10,16H,1-3,6-7,14H2. The fourth-order valence-corrected chi connectivity index (χ4v) is 2.09. The van der Waals surface area contributed by atoms with E-state index in [0.717, 1.165) is 18.5 Å². The molecule has 1 aliphatic rings. The average Bonchev–Trinajstić information content (AvgIpc) is 2.14. The van der Waals surface area contributed by atoms with Crippen molar-refractivity contribution >= 4 is 11.4 Å². The van der Waals surface area contributed by atoms with Crippen LogP contribution in [0.1, 0.15) is 19.3 Å². The molecule has 0 spiro atoms. The normalized spacial score (nSPS) is 15.9. The quantitative estimate of drug-likeness (QED) is 0.766. The average molecular weight is 224 g/mol. The van der Waals surface area contributed by atoms with Crippen LogP contribution in [0.25, 0.3) is 0 Å². The number of nitrogens with two attached hydrogens (primary N) is 1. The van der Waals surface area contributed by atoms with Gasteiger partial charge in [-0.15, -0.1) is 0 Å². The van der Waals surface area contributed by atoms with Crippen LogP contribution in [0.4, 0.5) is 15.8 Å². The molecule has 1 fully saturated rings. The molecule has 0 heterocycles. The monoisotopic (exact) mass is 224 g/mol. The summed E-state index contributed by atoms with van der Waals surface area (Å²) in [5.74, 6) is -0.321. The van der Waals surface area contributed by atoms with Gasteiger partial charge in [0, 0.05) is 12.6 Å². The summed E-state index contributed by atoms with van der Waals surface area (Å²) < 4.78 is 12.9. The van der Waals surface area contributed by atoms with Crippen molar-refractivity contribution in [3.05, 3.63) is 24.0 Å². The molecular weight excluding hydrogens is 207 g/mol. The number of nitrogen functional groups attached to an aromatic ring is 1. The third-order valence-electron chi connectivity index (χ3n) is 3.16. The van der Waals surface area contributed by atoms with Gasteiger partial charge in [-0.2, -0.15) is 0 Å². The molecule has 1 aromatic rings. The summed E-state index contributed by atoms with van der Waals surface area (Å²) in [6.07, 6.45) is 3.46. The third kappa shape index (κ3) is 2.11. The summed E-state index contributed by atoms with van der Waals surface area (Å²) in [5.41, 5.74) is 7.08. The van der Waals surface area contributed by atoms with Crippen molar-refractivity contribution in [2.24, 2.45) is 0 Å². The largest absolute Gasteiger partial charge is 0.397 e. The first kappa shape index (κ1) is 11.2. The molecule has 16 heavy (non-hydrogen) atoms. The Bertz CT molecular complexity index is 366. The lowest BCUT2D eigenvalue weighted by Gasteiger charge is -2.39. The minimum Gasteiger partial charge on any atom is -0.397 e. The van der Waals surface area contributed by atoms with Crippen molar-refractivity contribution in [1.29, 1.82) is 0 Å². The van der Waals surface area contributed by atoms with Crippen LogP contribution in [0.15, 0.2) is 18.2 Å². The van der Waals surface area contributed by atoms with Gasteiger partial charge < -0.3 is 15.7 Å². The summed E-state index contributed by atoms with van der Waals surface area (Å²) in [6.45, 7) is 0.647. The Balaban J connectivity index is 2.23. The molecule has 1 aromatic carbocycles. The molecule has 0 bridgehead atoms. The van der Waals surface area contributed by atoms with Crippen molar-refractivity contribution in [1.82, 2.24) is 0 Å². The maximum Gasteiger partial charge on any atom is 0.125 e. The van der Waals surface area contributed by atoms with E-state index in [1.807, 2.05) is 0 Å². The van der Waals surface area contributed by atoms with Crippen molar-refractivity contribution in [2.45, 2.75) is 25.3 Å². The molecule has 3 nitrogen and oxygen atoms in total. The van der Waals surface area contributed by atoms with Crippen molar-refractivity contribution in [3.63, 3.8) is 0 Å². The zero-order valence-corrected chi connectivity index (χ0v) is 9.19. The molecule has 4 heteroatoms. The van der Waals surface area contributed by atoms with E-state index in [9.17, 15) is 4.39 Å². The van der Waals surface area contributed by atoms with Gasteiger partial charge in [0.1, 0.15) is 5.82 Å². The molecule has 88 valence electrons. The molecule has 0 amide bonds. The number of rotatable bonds is 4. The van der Waals surface area contributed by atoms with Crippen molar-refractivity contribution < 1.29 is 9.50 Å². The number of anilines is 2. The Morgan fingerprint density at radius 2 is 2.19 bits per heavy atom. The molecule has 0 aliphatic heterocycles. The van der Waals surface area contributed by atoms with E-state index in [-0.39, 0.29) is 12.4 Å². The van der Waals surface area contributed by atoms with Gasteiger partial charge in [-0.3, -0.25) is 0 Å². The van der Waals surface area contributed by atoms with E-state index in [1.165, 1.54) is 18.6 Å². The lowest BCUT2D eigenvalue weighted by molar-refractivity contribution is 0.284. The molecule has 0 aromatic heterocycles. The SMILES string of the molecule is Nc1cc(F)ccc1N(CCO)C1CCC1. The van der Waals surface area contributed by atoms with Crippen LogP contribution >= 0.6 is 0 Å². The molecule has 0 radical (unpaired) electrons. The summed E-state index contributed by atoms with van der Waals surface area (Å²) in [7, 11) is 0. The Morgan fingerprint density at radius 3 is 2.69 bits per heavy atom. The number of aliphatic hydroxyl groups excluding tert-OH is 1. The zero-order chi connectivity index (χ0) is 11.5. The van der Waals surface area contributed by atoms with Crippen molar-refractivity contribution in [3.8, 4) is 0 Å². The van der Waals surface area contributed by atoms with Crippen LogP contribution in [-0.4, -0.2) is 24.3 Å². The molecule has 0 saturated heterocycles. The van der Waals surface area contributed by atoms with Gasteiger partial charge in [0.2, 0.25) is 0 Å². The van der Waals surface area contributed by atoms with Crippen LogP contribution in [0, 0.1) is 5.82 Å². The highest BCUT2D eigenvalue weighted by Gasteiger charge is 2.25. The van der Waals surface area contributed by atoms with Crippen LogP contribution in [-0.2, 0) is 0 Å². The Kier molecular flexibility index (Phi) is 3.29. The minimum absolute atomic E-state index is 0.0906. The van der Waals surface area contributed by atoms with Crippen LogP contribution in [0.2, 0.25) is 0 Å². The first-order valence-corrected chi connectivity index (χ1v) is 5.65. The van der Waals surface area contributed by atoms with E-state index in [0.29, 0.717) is 18.3 Å². The second-order valence-corrected chi connectivity index (χ2v) is 4.20. The van der Waals surface area contributed by atoms with Crippen LogP contribution in [0.5, 0.6) is 0 Å². The first-order chi connectivity index (χ1) is 7.72. The van der Waals surface area contributed by atoms with Gasteiger partial charge in [0.15, 0.2) is 0 Å². The van der Waals surface area contributed by atoms with E-state index in [1.54, 1.807) is 6.07 Å². The summed E-state index contributed by atoms with van der Waals surface area (Å²) >= 11 is 0. The lowest BCUT2D eigenvalue weighted by atomic mass is 9.91. The zero-order valence-electron chi connectivity index (χ0n) is 9.19. The highest BCUT2D eigenvalue weighted by Crippen LogP contribution is 2.32. The second-order valence-electron chi connectivity index (χ2n) is 4.20. The summed E-state index contributed by atoms with van der Waals surface area (Å²) in [6, 6.07) is 4.88. The van der Waals surface area contributed by atoms with Gasteiger partial charge in [0.25, 0.3) is 0 Å².